The molecular formula is C18H23N3O4S. The van der Waals surface area contributed by atoms with Crippen LogP contribution in [-0.4, -0.2) is 38.4 Å². The molecule has 0 radical (unpaired) electrons. The Balaban J connectivity index is 2.10. The van der Waals surface area contributed by atoms with E-state index >= 15 is 0 Å². The quantitative estimate of drug-likeness (QED) is 0.465. The van der Waals surface area contributed by atoms with Crippen LogP contribution in [0.5, 0.6) is 0 Å². The highest BCUT2D eigenvalue weighted by atomic mass is 32.2. The molecule has 8 heteroatoms. The lowest BCUT2D eigenvalue weighted by Crippen LogP contribution is -2.31. The number of nitrogens with one attached hydrogen (secondary N) is 1. The van der Waals surface area contributed by atoms with Gasteiger partial charge in [0, 0.05) is 25.0 Å². The predicted molar refractivity (Wildman–Crippen MR) is 97.6 cm³/mol. The number of nitriles is 1. The molecule has 1 heterocycles. The average molecular weight is 377 g/mol. The third kappa shape index (κ3) is 5.07. The Morgan fingerprint density at radius 2 is 1.85 bits per heavy atom. The zero-order valence-corrected chi connectivity index (χ0v) is 15.6. The molecule has 140 valence electrons. The molecule has 1 N–H and O–H groups in total. The van der Waals surface area contributed by atoms with Crippen molar-refractivity contribution in [1.82, 2.24) is 4.31 Å². The van der Waals surface area contributed by atoms with Gasteiger partial charge in [0.05, 0.1) is 11.5 Å². The molecule has 0 aromatic heterocycles. The number of benzene rings is 1. The summed E-state index contributed by atoms with van der Waals surface area (Å²) in [7, 11) is -3.50. The highest BCUT2D eigenvalue weighted by Crippen LogP contribution is 2.21. The van der Waals surface area contributed by atoms with Gasteiger partial charge in [-0.05, 0) is 44.0 Å². The first-order chi connectivity index (χ1) is 12.5. The minimum absolute atomic E-state index is 0.159. The summed E-state index contributed by atoms with van der Waals surface area (Å²) >= 11 is 0. The van der Waals surface area contributed by atoms with Crippen molar-refractivity contribution >= 4 is 21.7 Å². The predicted octanol–water partition coefficient (Wildman–Crippen LogP) is 2.63. The molecule has 1 fully saturated rings. The lowest BCUT2D eigenvalue weighted by molar-refractivity contribution is -0.138. The van der Waals surface area contributed by atoms with E-state index in [-0.39, 0.29) is 17.1 Å². The molecule has 0 spiro atoms. The van der Waals surface area contributed by atoms with Gasteiger partial charge in [-0.15, -0.1) is 0 Å². The van der Waals surface area contributed by atoms with Gasteiger partial charge in [0.2, 0.25) is 10.0 Å². The summed E-state index contributed by atoms with van der Waals surface area (Å²) in [6.45, 7) is 2.94. The standard InChI is InChI=1S/C18H23N3O4S/c1-2-25-18(22)15(13-19)14-20-16-7-9-17(10-8-16)26(23,24)21-11-5-3-4-6-12-21/h7-10,14,20H,2-6,11-12H2,1H3/b15-14+. The molecule has 1 saturated heterocycles. The number of hydrogen-bond acceptors (Lipinski definition) is 6. The van der Waals surface area contributed by atoms with Gasteiger partial charge < -0.3 is 10.1 Å². The highest BCUT2D eigenvalue weighted by Gasteiger charge is 2.24. The van der Waals surface area contributed by atoms with Gasteiger partial charge in [-0.1, -0.05) is 12.8 Å². The Kier molecular flexibility index (Phi) is 7.18. The van der Waals surface area contributed by atoms with E-state index in [2.05, 4.69) is 5.32 Å². The van der Waals surface area contributed by atoms with Gasteiger partial charge in [0.1, 0.15) is 6.07 Å². The molecule has 1 aliphatic heterocycles. The largest absolute Gasteiger partial charge is 0.462 e. The maximum atomic E-state index is 12.7. The molecule has 1 aromatic rings. The lowest BCUT2D eigenvalue weighted by atomic mass is 10.2. The van der Waals surface area contributed by atoms with Gasteiger partial charge in [0.25, 0.3) is 0 Å². The molecule has 0 saturated carbocycles. The molecule has 0 atom stereocenters. The molecule has 26 heavy (non-hydrogen) atoms. The lowest BCUT2D eigenvalue weighted by Gasteiger charge is -2.20. The molecule has 1 aromatic carbocycles. The smallest absolute Gasteiger partial charge is 0.350 e. The Hall–Kier alpha value is -2.37. The number of carbonyl (C=O) groups is 1. The Bertz CT molecular complexity index is 787. The van der Waals surface area contributed by atoms with Gasteiger partial charge in [-0.3, -0.25) is 0 Å². The molecule has 7 nitrogen and oxygen atoms in total. The van der Waals surface area contributed by atoms with Gasteiger partial charge >= 0.3 is 5.97 Å². The number of esters is 1. The van der Waals surface area contributed by atoms with Crippen molar-refractivity contribution in [3.05, 3.63) is 36.0 Å². The van der Waals surface area contributed by atoms with Crippen molar-refractivity contribution in [3.8, 4) is 6.07 Å². The molecule has 0 amide bonds. The van der Waals surface area contributed by atoms with E-state index in [9.17, 15) is 13.2 Å². The monoisotopic (exact) mass is 377 g/mol. The first kappa shape index (κ1) is 19.9. The van der Waals surface area contributed by atoms with E-state index < -0.39 is 16.0 Å². The SMILES string of the molecule is CCOC(=O)/C(C#N)=C/Nc1ccc(S(=O)(=O)N2CCCCCC2)cc1. The zero-order chi connectivity index (χ0) is 19.0. The zero-order valence-electron chi connectivity index (χ0n) is 14.8. The van der Waals surface area contributed by atoms with Crippen LogP contribution in [-0.2, 0) is 19.6 Å². The summed E-state index contributed by atoms with van der Waals surface area (Å²) in [6.07, 6.45) is 5.13. The summed E-state index contributed by atoms with van der Waals surface area (Å²) in [4.78, 5) is 11.8. The van der Waals surface area contributed by atoms with E-state index in [4.69, 9.17) is 10.00 Å². The summed E-state index contributed by atoms with van der Waals surface area (Å²) in [5.41, 5.74) is 0.407. The minimum atomic E-state index is -3.50. The third-order valence-corrected chi connectivity index (χ3v) is 5.97. The van der Waals surface area contributed by atoms with Crippen LogP contribution in [0, 0.1) is 11.3 Å². The summed E-state index contributed by atoms with van der Waals surface area (Å²) in [5, 5.41) is 11.8. The van der Waals surface area contributed by atoms with Crippen LogP contribution in [0.2, 0.25) is 0 Å². The first-order valence-electron chi connectivity index (χ1n) is 8.63. The number of sulfonamides is 1. The fraction of sp³-hybridized carbons (Fsp3) is 0.444. The average Bonchev–Trinajstić information content (AvgIpc) is 2.93. The maximum absolute atomic E-state index is 12.7. The van der Waals surface area contributed by atoms with Crippen LogP contribution in [0.1, 0.15) is 32.6 Å². The summed E-state index contributed by atoms with van der Waals surface area (Å²) in [5.74, 6) is -0.706. The molecular weight excluding hydrogens is 354 g/mol. The first-order valence-corrected chi connectivity index (χ1v) is 10.1. The number of rotatable bonds is 6. The van der Waals surface area contributed by atoms with Crippen molar-refractivity contribution in [2.45, 2.75) is 37.5 Å². The minimum Gasteiger partial charge on any atom is -0.462 e. The van der Waals surface area contributed by atoms with Crippen LogP contribution in [0.25, 0.3) is 0 Å². The van der Waals surface area contributed by atoms with Gasteiger partial charge in [-0.25, -0.2) is 13.2 Å². The van der Waals surface area contributed by atoms with Gasteiger partial charge in [0.15, 0.2) is 5.57 Å². The van der Waals surface area contributed by atoms with Crippen molar-refractivity contribution in [2.24, 2.45) is 0 Å². The number of ether oxygens (including phenoxy) is 1. The molecule has 0 unspecified atom stereocenters. The van der Waals surface area contributed by atoms with E-state index in [0.29, 0.717) is 18.8 Å². The highest BCUT2D eigenvalue weighted by molar-refractivity contribution is 7.89. The number of nitrogens with zero attached hydrogens (tertiary/aromatic N) is 2. The fourth-order valence-electron chi connectivity index (χ4n) is 2.66. The van der Waals surface area contributed by atoms with E-state index in [1.807, 2.05) is 0 Å². The third-order valence-electron chi connectivity index (χ3n) is 4.06. The fourth-order valence-corrected chi connectivity index (χ4v) is 4.17. The van der Waals surface area contributed by atoms with Crippen molar-refractivity contribution in [3.63, 3.8) is 0 Å². The topological polar surface area (TPSA) is 99.5 Å². The number of anilines is 1. The second kappa shape index (κ2) is 9.36. The number of carbonyl (C=O) groups excluding carboxylic acids is 1. The maximum Gasteiger partial charge on any atom is 0.350 e. The van der Waals surface area contributed by atoms with Crippen molar-refractivity contribution in [1.29, 1.82) is 5.26 Å². The molecule has 1 aliphatic rings. The van der Waals surface area contributed by atoms with Gasteiger partial charge in [-0.2, -0.15) is 9.57 Å². The summed E-state index contributed by atoms with van der Waals surface area (Å²) in [6, 6.07) is 8.00. The van der Waals surface area contributed by atoms with Crippen LogP contribution in [0.4, 0.5) is 5.69 Å². The normalized spacial score (nSPS) is 16.4. The molecule has 0 bridgehead atoms. The Labute approximate surface area is 154 Å². The molecule has 0 aliphatic carbocycles. The second-order valence-electron chi connectivity index (χ2n) is 5.88. The van der Waals surface area contributed by atoms with Crippen LogP contribution >= 0.6 is 0 Å². The van der Waals surface area contributed by atoms with Crippen molar-refractivity contribution in [2.75, 3.05) is 25.0 Å². The summed E-state index contributed by atoms with van der Waals surface area (Å²) < 4.78 is 31.7. The van der Waals surface area contributed by atoms with Crippen LogP contribution < -0.4 is 5.32 Å². The van der Waals surface area contributed by atoms with E-state index in [1.54, 1.807) is 25.1 Å². The Morgan fingerprint density at radius 3 is 2.38 bits per heavy atom. The second-order valence-corrected chi connectivity index (χ2v) is 7.82. The van der Waals surface area contributed by atoms with Crippen LogP contribution in [0.3, 0.4) is 0 Å². The molecule has 2 rings (SSSR count). The van der Waals surface area contributed by atoms with Crippen LogP contribution in [0.15, 0.2) is 40.9 Å². The van der Waals surface area contributed by atoms with E-state index in [0.717, 1.165) is 25.7 Å². The number of hydrogen-bond donors (Lipinski definition) is 1. The van der Waals surface area contributed by atoms with E-state index in [1.165, 1.54) is 22.6 Å². The Morgan fingerprint density at radius 1 is 1.23 bits per heavy atom. The van der Waals surface area contributed by atoms with Crippen molar-refractivity contribution < 1.29 is 17.9 Å².